The summed E-state index contributed by atoms with van der Waals surface area (Å²) in [6, 6.07) is 0. The first-order valence-electron chi connectivity index (χ1n) is 14.9. The molecule has 0 bridgehead atoms. The lowest BCUT2D eigenvalue weighted by atomic mass is 9.45. The minimum Gasteiger partial charge on any atom is -0.390 e. The van der Waals surface area contributed by atoms with Crippen LogP contribution in [0.25, 0.3) is 0 Å². The number of hydrogen-bond donors (Lipinski definition) is 4. The molecule has 4 aliphatic carbocycles. The van der Waals surface area contributed by atoms with Crippen molar-refractivity contribution >= 4 is 5.78 Å². The number of ketones is 1. The van der Waals surface area contributed by atoms with Crippen molar-refractivity contribution in [2.24, 2.45) is 28.6 Å². The largest absolute Gasteiger partial charge is 0.390 e. The van der Waals surface area contributed by atoms with Crippen LogP contribution < -0.4 is 0 Å². The van der Waals surface area contributed by atoms with Crippen LogP contribution in [0.2, 0.25) is 0 Å². The van der Waals surface area contributed by atoms with Crippen molar-refractivity contribution in [3.63, 3.8) is 0 Å². The number of carbonyl (C=O) groups is 1. The molecule has 4 fully saturated rings. The number of ether oxygens (including phenoxy) is 2. The van der Waals surface area contributed by atoms with Gasteiger partial charge in [0.25, 0.3) is 0 Å². The highest BCUT2D eigenvalue weighted by atomic mass is 16.8. The van der Waals surface area contributed by atoms with Crippen molar-refractivity contribution in [3.8, 4) is 0 Å². The summed E-state index contributed by atoms with van der Waals surface area (Å²) in [4.78, 5) is 13.5. The van der Waals surface area contributed by atoms with E-state index in [0.717, 1.165) is 24.8 Å². The molecule has 7 heteroatoms. The Kier molecular flexibility index (Phi) is 6.67. The summed E-state index contributed by atoms with van der Waals surface area (Å²) in [6.45, 7) is 14.1. The molecule has 5 aliphatic rings. The summed E-state index contributed by atoms with van der Waals surface area (Å²) in [6.07, 6.45) is 5.24. The van der Waals surface area contributed by atoms with Gasteiger partial charge >= 0.3 is 0 Å². The maximum Gasteiger partial charge on any atom is 0.166 e. The SMILES string of the molecule is CCC1(C)O[C@H](CCC(C)(C)O)[C@@](C)([C@H]2CC[C@@]3(O)C4=CC(=O)[C@@H]5C[C@@H](O)[C@@H](O)C[C@]5(C)[C@H]4CC[C@]23C)O1. The second kappa shape index (κ2) is 8.83. The number of allylic oxidation sites excluding steroid dienone is 1. The van der Waals surface area contributed by atoms with Crippen molar-refractivity contribution in [1.82, 2.24) is 0 Å². The number of carbonyl (C=O) groups excluding carboxylic acids is 1. The zero-order chi connectivity index (χ0) is 28.1. The zero-order valence-electron chi connectivity index (χ0n) is 24.4. The first kappa shape index (κ1) is 28.7. The van der Waals surface area contributed by atoms with Crippen molar-refractivity contribution in [2.45, 2.75) is 147 Å². The van der Waals surface area contributed by atoms with Crippen molar-refractivity contribution in [2.75, 3.05) is 0 Å². The first-order chi connectivity index (χ1) is 17.4. The quantitative estimate of drug-likeness (QED) is 0.421. The topological polar surface area (TPSA) is 116 Å². The third kappa shape index (κ3) is 4.01. The molecule has 1 heterocycles. The lowest BCUT2D eigenvalue weighted by Crippen LogP contribution is -2.62. The fourth-order valence-electron chi connectivity index (χ4n) is 9.54. The van der Waals surface area contributed by atoms with E-state index in [1.54, 1.807) is 6.08 Å². The molecular formula is C31H50O7. The molecule has 5 rings (SSSR count). The fraction of sp³-hybridized carbons (Fsp3) is 0.903. The van der Waals surface area contributed by atoms with E-state index in [1.807, 2.05) is 20.8 Å². The van der Waals surface area contributed by atoms with Crippen LogP contribution in [-0.4, -0.2) is 67.1 Å². The van der Waals surface area contributed by atoms with E-state index in [0.29, 0.717) is 32.1 Å². The molecule has 1 aliphatic heterocycles. The number of aliphatic hydroxyl groups excluding tert-OH is 2. The molecule has 216 valence electrons. The van der Waals surface area contributed by atoms with Crippen molar-refractivity contribution in [3.05, 3.63) is 11.6 Å². The molecule has 38 heavy (non-hydrogen) atoms. The van der Waals surface area contributed by atoms with Gasteiger partial charge in [0.1, 0.15) is 0 Å². The summed E-state index contributed by atoms with van der Waals surface area (Å²) in [5, 5.41) is 44.0. The van der Waals surface area contributed by atoms with Gasteiger partial charge in [0.2, 0.25) is 0 Å². The van der Waals surface area contributed by atoms with Crippen LogP contribution >= 0.6 is 0 Å². The van der Waals surface area contributed by atoms with Crippen LogP contribution in [0.5, 0.6) is 0 Å². The summed E-state index contributed by atoms with van der Waals surface area (Å²) >= 11 is 0. The smallest absolute Gasteiger partial charge is 0.166 e. The third-order valence-corrected chi connectivity index (χ3v) is 11.9. The average molecular weight is 535 g/mol. The molecule has 0 aromatic heterocycles. The molecule has 3 saturated carbocycles. The van der Waals surface area contributed by atoms with Gasteiger partial charge in [0.15, 0.2) is 11.6 Å². The standard InChI is InChI=1S/C31H50O7/c1-8-29(6)37-25(11-12-26(2,3)35)30(7,38-29)24-10-14-31(36)19-15-21(32)20-16-22(33)23(34)17-27(20,4)18(19)9-13-28(24,31)5/h15,18,20,22-25,33-36H,8-14,16-17H2,1-7H3/t18-,20-,22+,23-,24-,25+,27+,28+,29?,30+,31+/m0/s1. The van der Waals surface area contributed by atoms with Gasteiger partial charge in [-0.1, -0.05) is 20.8 Å². The van der Waals surface area contributed by atoms with E-state index >= 15 is 0 Å². The van der Waals surface area contributed by atoms with E-state index in [4.69, 9.17) is 9.47 Å². The Hall–Kier alpha value is -0.830. The van der Waals surface area contributed by atoms with Gasteiger partial charge in [0.05, 0.1) is 35.1 Å². The van der Waals surface area contributed by atoms with E-state index in [1.165, 1.54) is 0 Å². The molecule has 0 aromatic carbocycles. The number of rotatable bonds is 5. The van der Waals surface area contributed by atoms with Gasteiger partial charge in [-0.2, -0.15) is 0 Å². The van der Waals surface area contributed by atoms with Crippen molar-refractivity contribution in [1.29, 1.82) is 0 Å². The van der Waals surface area contributed by atoms with Gasteiger partial charge in [-0.25, -0.2) is 0 Å². The van der Waals surface area contributed by atoms with Crippen molar-refractivity contribution < 1.29 is 34.7 Å². The van der Waals surface area contributed by atoms with Crippen LogP contribution in [0.1, 0.15) is 106 Å². The van der Waals surface area contributed by atoms with Crippen LogP contribution in [0.15, 0.2) is 11.6 Å². The van der Waals surface area contributed by atoms with Gasteiger partial charge in [0, 0.05) is 11.3 Å². The number of fused-ring (bicyclic) bond motifs is 5. The normalized spacial score (nSPS) is 52.8. The fourth-order valence-corrected chi connectivity index (χ4v) is 9.54. The Balaban J connectivity index is 1.51. The first-order valence-corrected chi connectivity index (χ1v) is 14.9. The molecule has 1 unspecified atom stereocenters. The summed E-state index contributed by atoms with van der Waals surface area (Å²) in [5.41, 5.74) is -2.79. The highest BCUT2D eigenvalue weighted by Gasteiger charge is 2.71. The Morgan fingerprint density at radius 2 is 1.74 bits per heavy atom. The Morgan fingerprint density at radius 1 is 1.05 bits per heavy atom. The molecule has 4 N–H and O–H groups in total. The molecule has 7 nitrogen and oxygen atoms in total. The van der Waals surface area contributed by atoms with Gasteiger partial charge < -0.3 is 29.9 Å². The zero-order valence-corrected chi connectivity index (χ0v) is 24.4. The number of aliphatic hydroxyl groups is 4. The van der Waals surface area contributed by atoms with Gasteiger partial charge in [-0.3, -0.25) is 4.79 Å². The van der Waals surface area contributed by atoms with Crippen LogP contribution in [-0.2, 0) is 14.3 Å². The lowest BCUT2D eigenvalue weighted by molar-refractivity contribution is -0.201. The summed E-state index contributed by atoms with van der Waals surface area (Å²) in [7, 11) is 0. The number of hydrogen-bond acceptors (Lipinski definition) is 7. The second-order valence-electron chi connectivity index (χ2n) is 14.8. The van der Waals surface area contributed by atoms with E-state index in [2.05, 4.69) is 27.7 Å². The second-order valence-corrected chi connectivity index (χ2v) is 14.8. The Labute approximate surface area is 228 Å². The van der Waals surface area contributed by atoms with Crippen LogP contribution in [0, 0.1) is 28.6 Å². The van der Waals surface area contributed by atoms with Crippen LogP contribution in [0.4, 0.5) is 0 Å². The lowest BCUT2D eigenvalue weighted by Gasteiger charge is -2.60. The molecule has 1 saturated heterocycles. The molecule has 11 atom stereocenters. The van der Waals surface area contributed by atoms with Gasteiger partial charge in [-0.15, -0.1) is 0 Å². The molecule has 0 aromatic rings. The molecule has 0 amide bonds. The maximum absolute atomic E-state index is 13.5. The minimum atomic E-state index is -1.15. The minimum absolute atomic E-state index is 0.00132. The van der Waals surface area contributed by atoms with Crippen LogP contribution in [0.3, 0.4) is 0 Å². The average Bonchev–Trinajstić information content (AvgIpc) is 3.25. The van der Waals surface area contributed by atoms with E-state index in [-0.39, 0.29) is 36.1 Å². The predicted octanol–water partition coefficient (Wildman–Crippen LogP) is 4.04. The van der Waals surface area contributed by atoms with E-state index in [9.17, 15) is 25.2 Å². The molecular weight excluding hydrogens is 484 g/mol. The summed E-state index contributed by atoms with van der Waals surface area (Å²) in [5.74, 6) is -1.10. The Bertz CT molecular complexity index is 1000. The Morgan fingerprint density at radius 3 is 2.37 bits per heavy atom. The monoisotopic (exact) mass is 534 g/mol. The molecule has 0 radical (unpaired) electrons. The highest BCUT2D eigenvalue weighted by molar-refractivity contribution is 5.95. The summed E-state index contributed by atoms with van der Waals surface area (Å²) < 4.78 is 13.4. The van der Waals surface area contributed by atoms with E-state index < -0.39 is 45.6 Å². The maximum atomic E-state index is 13.5. The third-order valence-electron chi connectivity index (χ3n) is 11.9. The van der Waals surface area contributed by atoms with Gasteiger partial charge in [-0.05, 0) is 114 Å². The predicted molar refractivity (Wildman–Crippen MR) is 143 cm³/mol. The molecule has 0 spiro atoms. The highest BCUT2D eigenvalue weighted by Crippen LogP contribution is 2.70.